The first kappa shape index (κ1) is 21.8. The van der Waals surface area contributed by atoms with E-state index >= 15 is 0 Å². The normalized spacial score (nSPS) is 18.8. The Morgan fingerprint density at radius 1 is 1.23 bits per heavy atom. The van der Waals surface area contributed by atoms with Crippen molar-refractivity contribution in [3.63, 3.8) is 0 Å². The molecule has 1 fully saturated rings. The second-order valence-corrected chi connectivity index (χ2v) is 7.24. The third-order valence-corrected chi connectivity index (χ3v) is 4.93. The topological polar surface area (TPSA) is 72.6 Å². The third-order valence-electron chi connectivity index (χ3n) is 4.93. The lowest BCUT2D eigenvalue weighted by molar-refractivity contribution is -0.163. The maximum absolute atomic E-state index is 13.8. The Morgan fingerprint density at radius 3 is 2.50 bits per heavy atom. The van der Waals surface area contributed by atoms with Gasteiger partial charge < -0.3 is 10.5 Å². The first-order valence-electron chi connectivity index (χ1n) is 9.21. The van der Waals surface area contributed by atoms with Crippen molar-refractivity contribution in [1.29, 1.82) is 0 Å². The summed E-state index contributed by atoms with van der Waals surface area (Å²) in [5, 5.41) is 0. The van der Waals surface area contributed by atoms with Crippen LogP contribution in [-0.4, -0.2) is 41.8 Å². The predicted molar refractivity (Wildman–Crippen MR) is 100 cm³/mol. The maximum atomic E-state index is 13.8. The predicted octanol–water partition coefficient (Wildman–Crippen LogP) is 3.70. The van der Waals surface area contributed by atoms with E-state index in [1.807, 2.05) is 0 Å². The number of carbonyl (C=O) groups is 2. The van der Waals surface area contributed by atoms with Crippen molar-refractivity contribution in [2.24, 2.45) is 5.73 Å². The van der Waals surface area contributed by atoms with Crippen LogP contribution in [0.4, 0.5) is 22.4 Å². The van der Waals surface area contributed by atoms with E-state index in [-0.39, 0.29) is 18.6 Å². The highest BCUT2D eigenvalue weighted by Crippen LogP contribution is 2.38. The van der Waals surface area contributed by atoms with E-state index in [0.717, 1.165) is 17.7 Å². The first-order valence-corrected chi connectivity index (χ1v) is 9.21. The van der Waals surface area contributed by atoms with Gasteiger partial charge in [0.25, 0.3) is 0 Å². The van der Waals surface area contributed by atoms with Crippen molar-refractivity contribution < 1.29 is 31.9 Å². The minimum atomic E-state index is -4.94. The molecule has 2 N–H and O–H groups in total. The van der Waals surface area contributed by atoms with E-state index in [4.69, 9.17) is 10.5 Å². The summed E-state index contributed by atoms with van der Waals surface area (Å²) in [6, 6.07) is 8.79. The van der Waals surface area contributed by atoms with Crippen LogP contribution in [0.3, 0.4) is 0 Å². The van der Waals surface area contributed by atoms with Gasteiger partial charge in [-0.3, -0.25) is 4.79 Å². The van der Waals surface area contributed by atoms with Crippen molar-refractivity contribution in [3.05, 3.63) is 71.0 Å². The minimum absolute atomic E-state index is 0.151. The number of nitrogens with two attached hydrogens (primary N) is 1. The number of hydrogen-bond acceptors (Lipinski definition) is 4. The fraction of sp³-hybridized carbons (Fsp3) is 0.333. The van der Waals surface area contributed by atoms with Crippen LogP contribution in [0, 0.1) is 12.7 Å². The van der Waals surface area contributed by atoms with E-state index in [0.29, 0.717) is 11.0 Å². The van der Waals surface area contributed by atoms with Gasteiger partial charge >= 0.3 is 12.3 Å². The lowest BCUT2D eigenvalue weighted by Gasteiger charge is -2.29. The van der Waals surface area contributed by atoms with Gasteiger partial charge in [-0.2, -0.15) is 13.2 Å². The lowest BCUT2D eigenvalue weighted by Crippen LogP contribution is -2.53. The van der Waals surface area contributed by atoms with Crippen LogP contribution in [0.15, 0.2) is 48.5 Å². The summed E-state index contributed by atoms with van der Waals surface area (Å²) in [7, 11) is 0. The van der Waals surface area contributed by atoms with Gasteiger partial charge in [0.1, 0.15) is 24.4 Å². The van der Waals surface area contributed by atoms with Crippen molar-refractivity contribution >= 4 is 12.0 Å². The van der Waals surface area contributed by atoms with Crippen LogP contribution in [0.2, 0.25) is 0 Å². The average Bonchev–Trinajstić information content (AvgIpc) is 3.00. The molecule has 30 heavy (non-hydrogen) atoms. The quantitative estimate of drug-likeness (QED) is 0.743. The number of halogens is 4. The van der Waals surface area contributed by atoms with Crippen molar-refractivity contribution in [2.75, 3.05) is 6.61 Å². The molecule has 0 radical (unpaired) electrons. The molecule has 160 valence electrons. The Balaban J connectivity index is 1.90. The fourth-order valence-corrected chi connectivity index (χ4v) is 3.61. The van der Waals surface area contributed by atoms with Gasteiger partial charge in [0.15, 0.2) is 0 Å². The minimum Gasteiger partial charge on any atom is -0.447 e. The molecular formula is C21H20F4N2O3. The van der Waals surface area contributed by atoms with Crippen LogP contribution >= 0.6 is 0 Å². The molecule has 0 bridgehead atoms. The molecule has 0 unspecified atom stereocenters. The molecule has 3 atom stereocenters. The van der Waals surface area contributed by atoms with Gasteiger partial charge in [-0.15, -0.1) is 0 Å². The van der Waals surface area contributed by atoms with Crippen LogP contribution in [-0.2, 0) is 16.0 Å². The van der Waals surface area contributed by atoms with E-state index in [9.17, 15) is 27.2 Å². The Hall–Kier alpha value is -2.94. The number of rotatable bonds is 5. The molecule has 0 aliphatic carbocycles. The Morgan fingerprint density at radius 2 is 1.90 bits per heavy atom. The summed E-state index contributed by atoms with van der Waals surface area (Å²) >= 11 is 0. The first-order chi connectivity index (χ1) is 14.1. The molecule has 1 saturated heterocycles. The fourth-order valence-electron chi connectivity index (χ4n) is 3.61. The number of ether oxygens (including phenoxy) is 1. The summed E-state index contributed by atoms with van der Waals surface area (Å²) in [5.41, 5.74) is 6.29. The number of alkyl halides is 3. The highest BCUT2D eigenvalue weighted by atomic mass is 19.4. The Labute approximate surface area is 170 Å². The van der Waals surface area contributed by atoms with Gasteiger partial charge in [-0.25, -0.2) is 14.1 Å². The molecule has 0 saturated carbocycles. The standard InChI is InChI=1S/C21H20F4N2O3/c1-12-7-14(10-15(22)8-12)17(21(23,24)25)18(26)19(28)27-16(11-30-20(27)29)9-13-5-3-2-4-6-13/h2-8,10,16-18H,9,11,26H2,1H3/t16-,17+,18-/m0/s1. The molecule has 2 aromatic carbocycles. The molecule has 3 rings (SSSR count). The van der Waals surface area contributed by atoms with Crippen molar-refractivity contribution in [3.8, 4) is 0 Å². The van der Waals surface area contributed by atoms with Crippen molar-refractivity contribution in [2.45, 2.75) is 37.5 Å². The van der Waals surface area contributed by atoms with Gasteiger partial charge in [0, 0.05) is 0 Å². The maximum Gasteiger partial charge on any atom is 0.417 e. The Kier molecular flexibility index (Phi) is 6.12. The zero-order chi connectivity index (χ0) is 22.1. The summed E-state index contributed by atoms with van der Waals surface area (Å²) in [6.07, 6.45) is -5.78. The zero-order valence-electron chi connectivity index (χ0n) is 16.0. The summed E-state index contributed by atoms with van der Waals surface area (Å²) in [6.45, 7) is 1.28. The molecular weight excluding hydrogens is 404 g/mol. The number of aryl methyl sites for hydroxylation is 1. The van der Waals surface area contributed by atoms with Gasteiger partial charge in [-0.05, 0) is 42.2 Å². The van der Waals surface area contributed by atoms with Crippen molar-refractivity contribution in [1.82, 2.24) is 4.90 Å². The zero-order valence-corrected chi connectivity index (χ0v) is 16.0. The van der Waals surface area contributed by atoms with Crippen LogP contribution < -0.4 is 5.73 Å². The largest absolute Gasteiger partial charge is 0.447 e. The number of imide groups is 1. The Bertz CT molecular complexity index is 913. The number of carbonyl (C=O) groups excluding carboxylic acids is 2. The van der Waals surface area contributed by atoms with Gasteiger partial charge in [0.2, 0.25) is 5.91 Å². The van der Waals surface area contributed by atoms with Crippen LogP contribution in [0.5, 0.6) is 0 Å². The smallest absolute Gasteiger partial charge is 0.417 e. The highest BCUT2D eigenvalue weighted by molar-refractivity contribution is 5.97. The molecule has 9 heteroatoms. The molecule has 2 aromatic rings. The summed E-state index contributed by atoms with van der Waals surface area (Å²) in [4.78, 5) is 25.7. The van der Waals surface area contributed by atoms with E-state index in [1.54, 1.807) is 30.3 Å². The van der Waals surface area contributed by atoms with Crippen LogP contribution in [0.25, 0.3) is 0 Å². The molecule has 5 nitrogen and oxygen atoms in total. The lowest BCUT2D eigenvalue weighted by atomic mass is 9.89. The van der Waals surface area contributed by atoms with E-state index < -0.39 is 47.6 Å². The molecule has 1 aliphatic rings. The molecule has 1 heterocycles. The average molecular weight is 424 g/mol. The number of amides is 2. The molecule has 0 spiro atoms. The van der Waals surface area contributed by atoms with Gasteiger partial charge in [0.05, 0.1) is 6.04 Å². The van der Waals surface area contributed by atoms with E-state index in [1.165, 1.54) is 6.92 Å². The number of cyclic esters (lactones) is 1. The number of hydrogen-bond donors (Lipinski definition) is 1. The summed E-state index contributed by atoms with van der Waals surface area (Å²) in [5.74, 6) is -4.57. The second kappa shape index (κ2) is 8.43. The highest BCUT2D eigenvalue weighted by Gasteiger charge is 2.51. The number of nitrogens with zero attached hydrogens (tertiary/aromatic N) is 1. The van der Waals surface area contributed by atoms with Gasteiger partial charge in [-0.1, -0.05) is 36.4 Å². The number of benzene rings is 2. The van der Waals surface area contributed by atoms with Crippen LogP contribution in [0.1, 0.15) is 22.6 Å². The monoisotopic (exact) mass is 424 g/mol. The second-order valence-electron chi connectivity index (χ2n) is 7.24. The third kappa shape index (κ3) is 4.62. The molecule has 1 aliphatic heterocycles. The van der Waals surface area contributed by atoms with E-state index in [2.05, 4.69) is 0 Å². The SMILES string of the molecule is Cc1cc(F)cc([C@H]([C@H](N)C(=O)N2C(=O)OC[C@@H]2Cc2ccccc2)C(F)(F)F)c1. The summed E-state index contributed by atoms with van der Waals surface area (Å²) < 4.78 is 60.1. The molecule has 0 aromatic heterocycles. The molecule has 2 amide bonds.